The number of amides is 1. The van der Waals surface area contributed by atoms with Crippen molar-refractivity contribution < 1.29 is 18.9 Å². The second-order valence-electron chi connectivity index (χ2n) is 7.37. The standard InChI is InChI=1S/C24H20N4O5/c1-15(2)32-22-10-6-4-8-18(22)21-13-19(17-7-3-5-9-20(17)26-21)24(29)27-25-14-16-11-12-23(33-16)28(30)31/h3-15H,1-2H3,(H,27,29). The smallest absolute Gasteiger partial charge is 0.433 e. The van der Waals surface area contributed by atoms with Crippen LogP contribution in [0, 0.1) is 10.1 Å². The predicted molar refractivity (Wildman–Crippen MR) is 123 cm³/mol. The van der Waals surface area contributed by atoms with Gasteiger partial charge in [-0.1, -0.05) is 30.3 Å². The van der Waals surface area contributed by atoms with E-state index in [1.54, 1.807) is 12.1 Å². The summed E-state index contributed by atoms with van der Waals surface area (Å²) >= 11 is 0. The first-order valence-electron chi connectivity index (χ1n) is 10.2. The molecule has 2 heterocycles. The van der Waals surface area contributed by atoms with Crippen LogP contribution < -0.4 is 10.2 Å². The van der Waals surface area contributed by atoms with E-state index in [4.69, 9.17) is 14.1 Å². The van der Waals surface area contributed by atoms with Crippen molar-refractivity contribution >= 4 is 28.9 Å². The predicted octanol–water partition coefficient (Wildman–Crippen LogP) is 4.95. The number of hydrogen-bond acceptors (Lipinski definition) is 7. The molecule has 0 aliphatic heterocycles. The Bertz CT molecular complexity index is 1360. The van der Waals surface area contributed by atoms with E-state index < -0.39 is 16.7 Å². The van der Waals surface area contributed by atoms with Gasteiger partial charge in [0.1, 0.15) is 10.7 Å². The zero-order valence-corrected chi connectivity index (χ0v) is 17.9. The Morgan fingerprint density at radius 3 is 2.67 bits per heavy atom. The molecule has 0 radical (unpaired) electrons. The molecule has 0 aliphatic carbocycles. The SMILES string of the molecule is CC(C)Oc1ccccc1-c1cc(C(=O)NN=Cc2ccc([N+](=O)[O-])o2)c2ccccc2n1. The van der Waals surface area contributed by atoms with Crippen LogP contribution in [-0.4, -0.2) is 28.1 Å². The number of aromatic nitrogens is 1. The van der Waals surface area contributed by atoms with Crippen molar-refractivity contribution in [2.45, 2.75) is 20.0 Å². The zero-order chi connectivity index (χ0) is 23.4. The molecular formula is C24H20N4O5. The number of carbonyl (C=O) groups excluding carboxylic acids is 1. The van der Waals surface area contributed by atoms with Crippen LogP contribution in [0.2, 0.25) is 0 Å². The van der Waals surface area contributed by atoms with Crippen LogP contribution in [0.1, 0.15) is 30.0 Å². The van der Waals surface area contributed by atoms with Gasteiger partial charge < -0.3 is 9.15 Å². The van der Waals surface area contributed by atoms with Crippen LogP contribution in [-0.2, 0) is 0 Å². The average molecular weight is 444 g/mol. The topological polar surface area (TPSA) is 120 Å². The number of hydrazone groups is 1. The Morgan fingerprint density at radius 1 is 1.15 bits per heavy atom. The minimum Gasteiger partial charge on any atom is -0.490 e. The number of hydrogen-bond donors (Lipinski definition) is 1. The number of para-hydroxylation sites is 2. The van der Waals surface area contributed by atoms with Gasteiger partial charge in [0.2, 0.25) is 0 Å². The van der Waals surface area contributed by atoms with Crippen molar-refractivity contribution in [1.29, 1.82) is 0 Å². The van der Waals surface area contributed by atoms with Gasteiger partial charge in [-0.15, -0.1) is 0 Å². The monoisotopic (exact) mass is 444 g/mol. The molecule has 1 N–H and O–H groups in total. The molecule has 4 aromatic rings. The molecule has 166 valence electrons. The minimum atomic E-state index is -0.651. The fourth-order valence-electron chi connectivity index (χ4n) is 3.26. The molecule has 0 fully saturated rings. The number of carbonyl (C=O) groups is 1. The Balaban J connectivity index is 1.68. The first-order valence-corrected chi connectivity index (χ1v) is 10.2. The summed E-state index contributed by atoms with van der Waals surface area (Å²) in [5.74, 6) is -0.0645. The maximum Gasteiger partial charge on any atom is 0.433 e. The van der Waals surface area contributed by atoms with E-state index in [0.717, 1.165) is 5.56 Å². The number of rotatable bonds is 7. The molecule has 33 heavy (non-hydrogen) atoms. The quantitative estimate of drug-likeness (QED) is 0.245. The molecule has 9 nitrogen and oxygen atoms in total. The fraction of sp³-hybridized carbons (Fsp3) is 0.125. The minimum absolute atomic E-state index is 0.0267. The van der Waals surface area contributed by atoms with Gasteiger partial charge in [-0.3, -0.25) is 14.9 Å². The largest absolute Gasteiger partial charge is 0.490 e. The third-order valence-corrected chi connectivity index (χ3v) is 4.64. The van der Waals surface area contributed by atoms with Gasteiger partial charge in [0.05, 0.1) is 35.2 Å². The Kier molecular flexibility index (Phi) is 6.12. The molecule has 0 saturated heterocycles. The molecule has 1 amide bonds. The van der Waals surface area contributed by atoms with Crippen LogP contribution in [0.25, 0.3) is 22.2 Å². The molecule has 9 heteroatoms. The van der Waals surface area contributed by atoms with Crippen molar-refractivity contribution in [3.8, 4) is 17.0 Å². The Hall–Kier alpha value is -4.53. The van der Waals surface area contributed by atoms with E-state index in [1.165, 1.54) is 18.3 Å². The number of nitrogens with zero attached hydrogens (tertiary/aromatic N) is 3. The summed E-state index contributed by atoms with van der Waals surface area (Å²) in [6, 6.07) is 19.1. The highest BCUT2D eigenvalue weighted by molar-refractivity contribution is 6.07. The van der Waals surface area contributed by atoms with Gasteiger partial charge in [-0.05, 0) is 44.2 Å². The van der Waals surface area contributed by atoms with Crippen molar-refractivity contribution in [2.24, 2.45) is 5.10 Å². The van der Waals surface area contributed by atoms with E-state index in [-0.39, 0.29) is 11.9 Å². The van der Waals surface area contributed by atoms with Gasteiger partial charge in [0, 0.05) is 10.9 Å². The lowest BCUT2D eigenvalue weighted by molar-refractivity contribution is -0.402. The molecule has 0 unspecified atom stereocenters. The van der Waals surface area contributed by atoms with Gasteiger partial charge in [0.15, 0.2) is 5.76 Å². The average Bonchev–Trinajstić information content (AvgIpc) is 3.27. The number of nitro groups is 1. The third-order valence-electron chi connectivity index (χ3n) is 4.64. The lowest BCUT2D eigenvalue weighted by Gasteiger charge is -2.15. The second kappa shape index (κ2) is 9.31. The van der Waals surface area contributed by atoms with Crippen LogP contribution >= 0.6 is 0 Å². The van der Waals surface area contributed by atoms with E-state index in [9.17, 15) is 14.9 Å². The molecule has 2 aromatic carbocycles. The number of pyridine rings is 1. The number of ether oxygens (including phenoxy) is 1. The summed E-state index contributed by atoms with van der Waals surface area (Å²) < 4.78 is 10.9. The summed E-state index contributed by atoms with van der Waals surface area (Å²) in [7, 11) is 0. The first kappa shape index (κ1) is 21.7. The molecule has 0 atom stereocenters. The van der Waals surface area contributed by atoms with Crippen LogP contribution in [0.15, 0.2) is 76.2 Å². The maximum absolute atomic E-state index is 13.0. The van der Waals surface area contributed by atoms with Gasteiger partial charge in [-0.25, -0.2) is 10.4 Å². The number of furan rings is 1. The lowest BCUT2D eigenvalue weighted by atomic mass is 10.0. The summed E-state index contributed by atoms with van der Waals surface area (Å²) in [5, 5.41) is 15.2. The highest BCUT2D eigenvalue weighted by Crippen LogP contribution is 2.32. The van der Waals surface area contributed by atoms with E-state index in [0.29, 0.717) is 27.9 Å². The van der Waals surface area contributed by atoms with Crippen molar-refractivity contribution in [3.63, 3.8) is 0 Å². The van der Waals surface area contributed by atoms with Crippen LogP contribution in [0.3, 0.4) is 0 Å². The molecule has 4 rings (SSSR count). The van der Waals surface area contributed by atoms with Crippen molar-refractivity contribution in [1.82, 2.24) is 10.4 Å². The summed E-state index contributed by atoms with van der Waals surface area (Å²) in [6.45, 7) is 3.88. The van der Waals surface area contributed by atoms with Gasteiger partial charge in [0.25, 0.3) is 5.91 Å². The molecule has 0 spiro atoms. The van der Waals surface area contributed by atoms with Crippen molar-refractivity contribution in [3.05, 3.63) is 88.2 Å². The highest BCUT2D eigenvalue weighted by atomic mass is 16.6. The first-order chi connectivity index (χ1) is 15.9. The molecule has 0 bridgehead atoms. The second-order valence-corrected chi connectivity index (χ2v) is 7.37. The van der Waals surface area contributed by atoms with Crippen LogP contribution in [0.4, 0.5) is 5.88 Å². The van der Waals surface area contributed by atoms with E-state index >= 15 is 0 Å². The lowest BCUT2D eigenvalue weighted by Crippen LogP contribution is -2.18. The summed E-state index contributed by atoms with van der Waals surface area (Å²) in [4.78, 5) is 27.8. The van der Waals surface area contributed by atoms with Gasteiger partial charge >= 0.3 is 5.88 Å². The zero-order valence-electron chi connectivity index (χ0n) is 17.9. The molecule has 0 saturated carbocycles. The van der Waals surface area contributed by atoms with Crippen LogP contribution in [0.5, 0.6) is 5.75 Å². The Morgan fingerprint density at radius 2 is 1.91 bits per heavy atom. The Labute approximate surface area is 188 Å². The van der Waals surface area contributed by atoms with E-state index in [2.05, 4.69) is 10.5 Å². The summed E-state index contributed by atoms with van der Waals surface area (Å²) in [6.07, 6.45) is 1.17. The van der Waals surface area contributed by atoms with Gasteiger partial charge in [-0.2, -0.15) is 5.10 Å². The number of nitrogens with one attached hydrogen (secondary N) is 1. The van der Waals surface area contributed by atoms with Crippen molar-refractivity contribution in [2.75, 3.05) is 0 Å². The molecule has 0 aliphatic rings. The molecular weight excluding hydrogens is 424 g/mol. The summed E-state index contributed by atoms with van der Waals surface area (Å²) in [5.41, 5.74) is 4.81. The number of benzene rings is 2. The maximum atomic E-state index is 13.0. The van der Waals surface area contributed by atoms with E-state index in [1.807, 2.05) is 56.3 Å². The molecule has 2 aromatic heterocycles. The third kappa shape index (κ3) is 4.87. The highest BCUT2D eigenvalue weighted by Gasteiger charge is 2.16. The normalized spacial score (nSPS) is 11.2. The fourth-order valence-corrected chi connectivity index (χ4v) is 3.26. The number of fused-ring (bicyclic) bond motifs is 1.